The molecule has 1 fully saturated rings. The maximum absolute atomic E-state index is 13.1. The van der Waals surface area contributed by atoms with E-state index in [1.165, 1.54) is 31.3 Å². The summed E-state index contributed by atoms with van der Waals surface area (Å²) in [5.41, 5.74) is -0.948. The molecule has 1 heterocycles. The van der Waals surface area contributed by atoms with Gasteiger partial charge in [0.05, 0.1) is 31.4 Å². The van der Waals surface area contributed by atoms with Gasteiger partial charge in [0.15, 0.2) is 11.5 Å². The van der Waals surface area contributed by atoms with Crippen LogP contribution in [0.15, 0.2) is 42.5 Å². The van der Waals surface area contributed by atoms with Crippen molar-refractivity contribution in [1.82, 2.24) is 5.32 Å². The van der Waals surface area contributed by atoms with Gasteiger partial charge in [-0.05, 0) is 24.3 Å². The van der Waals surface area contributed by atoms with Gasteiger partial charge in [0.2, 0.25) is 5.91 Å². The molecule has 1 atom stereocenters. The maximum atomic E-state index is 13.1. The number of carbonyl (C=O) groups excluding carboxylic acids is 2. The molecule has 1 saturated heterocycles. The summed E-state index contributed by atoms with van der Waals surface area (Å²) in [5, 5.41) is 2.53. The number of anilines is 1. The van der Waals surface area contributed by atoms with Gasteiger partial charge in [-0.15, -0.1) is 0 Å². The molecule has 2 aromatic carbocycles. The van der Waals surface area contributed by atoms with E-state index in [0.717, 1.165) is 12.1 Å². The highest BCUT2D eigenvalue weighted by atomic mass is 19.4. The first-order valence-corrected chi connectivity index (χ1v) is 8.74. The first-order valence-electron chi connectivity index (χ1n) is 8.74. The summed E-state index contributed by atoms with van der Waals surface area (Å²) >= 11 is 0. The molecular weight excluding hydrogens is 389 g/mol. The molecule has 2 amide bonds. The molecule has 0 aromatic heterocycles. The van der Waals surface area contributed by atoms with Gasteiger partial charge in [0, 0.05) is 24.7 Å². The first kappa shape index (κ1) is 20.5. The van der Waals surface area contributed by atoms with Crippen LogP contribution in [0.1, 0.15) is 22.3 Å². The number of hydrogen-bond acceptors (Lipinski definition) is 4. The molecule has 0 spiro atoms. The monoisotopic (exact) mass is 408 g/mol. The van der Waals surface area contributed by atoms with Crippen LogP contribution in [0.5, 0.6) is 11.5 Å². The van der Waals surface area contributed by atoms with E-state index in [1.54, 1.807) is 18.2 Å². The number of carbonyl (C=O) groups is 2. The average molecular weight is 408 g/mol. The topological polar surface area (TPSA) is 67.9 Å². The van der Waals surface area contributed by atoms with Crippen molar-refractivity contribution in [3.8, 4) is 11.5 Å². The summed E-state index contributed by atoms with van der Waals surface area (Å²) in [4.78, 5) is 26.3. The van der Waals surface area contributed by atoms with Gasteiger partial charge in [0.1, 0.15) is 0 Å². The molecule has 154 valence electrons. The number of methoxy groups -OCH3 is 2. The number of rotatable bonds is 5. The van der Waals surface area contributed by atoms with Gasteiger partial charge in [-0.25, -0.2) is 0 Å². The van der Waals surface area contributed by atoms with Crippen molar-refractivity contribution in [2.24, 2.45) is 0 Å². The van der Waals surface area contributed by atoms with Crippen LogP contribution in [0.2, 0.25) is 0 Å². The highest BCUT2D eigenvalue weighted by Crippen LogP contribution is 2.34. The summed E-state index contributed by atoms with van der Waals surface area (Å²) in [6, 6.07) is 8.86. The van der Waals surface area contributed by atoms with Crippen molar-refractivity contribution in [3.63, 3.8) is 0 Å². The summed E-state index contributed by atoms with van der Waals surface area (Å²) in [6.45, 7) is 0.133. The van der Waals surface area contributed by atoms with Crippen LogP contribution in [0, 0.1) is 0 Å². The van der Waals surface area contributed by atoms with E-state index in [2.05, 4.69) is 5.32 Å². The predicted octanol–water partition coefficient (Wildman–Crippen LogP) is 3.26. The summed E-state index contributed by atoms with van der Waals surface area (Å²) in [5.74, 6) is -0.197. The van der Waals surface area contributed by atoms with Gasteiger partial charge < -0.3 is 19.7 Å². The fourth-order valence-corrected chi connectivity index (χ4v) is 3.24. The number of hydrogen-bond donors (Lipinski definition) is 1. The molecule has 3 rings (SSSR count). The van der Waals surface area contributed by atoms with Crippen molar-refractivity contribution in [1.29, 1.82) is 0 Å². The minimum atomic E-state index is -4.65. The lowest BCUT2D eigenvalue weighted by molar-refractivity contribution is -0.138. The van der Waals surface area contributed by atoms with Crippen molar-refractivity contribution in [2.75, 3.05) is 25.7 Å². The largest absolute Gasteiger partial charge is 0.493 e. The second-order valence-corrected chi connectivity index (χ2v) is 6.46. The summed E-state index contributed by atoms with van der Waals surface area (Å²) < 4.78 is 49.8. The van der Waals surface area contributed by atoms with E-state index >= 15 is 0 Å². The number of nitrogens with one attached hydrogen (secondary N) is 1. The number of amides is 2. The molecule has 0 saturated carbocycles. The molecule has 0 aliphatic carbocycles. The van der Waals surface area contributed by atoms with Gasteiger partial charge >= 0.3 is 6.18 Å². The second kappa shape index (κ2) is 8.02. The third-order valence-corrected chi connectivity index (χ3v) is 4.62. The van der Waals surface area contributed by atoms with E-state index in [1.807, 2.05) is 0 Å². The fourth-order valence-electron chi connectivity index (χ4n) is 3.24. The standard InChI is InChI=1S/C20H19F3N2O4/c1-28-16-8-7-13(10-17(16)29-2)25-11-12(9-18(25)26)24-19(27)14-5-3-4-6-15(14)20(21,22)23/h3-8,10,12H,9,11H2,1-2H3,(H,24,27)/t12-/m1/s1. The van der Waals surface area contributed by atoms with E-state index in [9.17, 15) is 22.8 Å². The zero-order chi connectivity index (χ0) is 21.2. The lowest BCUT2D eigenvalue weighted by atomic mass is 10.1. The molecule has 0 bridgehead atoms. The van der Waals surface area contributed by atoms with Crippen LogP contribution in [-0.4, -0.2) is 38.6 Å². The normalized spacial score (nSPS) is 16.7. The van der Waals surface area contributed by atoms with Crippen LogP contribution in [0.25, 0.3) is 0 Å². The molecule has 9 heteroatoms. The van der Waals surface area contributed by atoms with E-state index in [0.29, 0.717) is 17.2 Å². The molecular formula is C20H19F3N2O4. The number of halogens is 3. The molecule has 1 aliphatic heterocycles. The first-order chi connectivity index (χ1) is 13.7. The van der Waals surface area contributed by atoms with E-state index in [4.69, 9.17) is 9.47 Å². The van der Waals surface area contributed by atoms with Gasteiger partial charge in [-0.2, -0.15) is 13.2 Å². The smallest absolute Gasteiger partial charge is 0.417 e. The quantitative estimate of drug-likeness (QED) is 0.825. The van der Waals surface area contributed by atoms with Gasteiger partial charge in [-0.1, -0.05) is 12.1 Å². The second-order valence-electron chi connectivity index (χ2n) is 6.46. The Morgan fingerprint density at radius 2 is 1.79 bits per heavy atom. The van der Waals surface area contributed by atoms with Gasteiger partial charge in [-0.3, -0.25) is 9.59 Å². The van der Waals surface area contributed by atoms with Crippen LogP contribution >= 0.6 is 0 Å². The Balaban J connectivity index is 1.76. The summed E-state index contributed by atoms with van der Waals surface area (Å²) in [6.07, 6.45) is -4.67. The zero-order valence-corrected chi connectivity index (χ0v) is 15.7. The molecule has 1 N–H and O–H groups in total. The third-order valence-electron chi connectivity index (χ3n) is 4.62. The van der Waals surface area contributed by atoms with E-state index in [-0.39, 0.29) is 18.9 Å². The Hall–Kier alpha value is -3.23. The Morgan fingerprint density at radius 1 is 1.10 bits per heavy atom. The fraction of sp³-hybridized carbons (Fsp3) is 0.300. The Labute approximate surface area is 165 Å². The number of alkyl halides is 3. The molecule has 0 unspecified atom stereocenters. The lowest BCUT2D eigenvalue weighted by Crippen LogP contribution is -2.38. The number of nitrogens with zero attached hydrogens (tertiary/aromatic N) is 1. The van der Waals surface area contributed by atoms with E-state index < -0.39 is 29.3 Å². The predicted molar refractivity (Wildman–Crippen MR) is 99.2 cm³/mol. The van der Waals surface area contributed by atoms with Crippen LogP contribution in [0.3, 0.4) is 0 Å². The summed E-state index contributed by atoms with van der Waals surface area (Å²) in [7, 11) is 2.96. The molecule has 1 aliphatic rings. The van der Waals surface area contributed by atoms with Crippen LogP contribution in [0.4, 0.5) is 18.9 Å². The Morgan fingerprint density at radius 3 is 2.45 bits per heavy atom. The van der Waals surface area contributed by atoms with Crippen molar-refractivity contribution in [2.45, 2.75) is 18.6 Å². The van der Waals surface area contributed by atoms with Crippen LogP contribution in [-0.2, 0) is 11.0 Å². The lowest BCUT2D eigenvalue weighted by Gasteiger charge is -2.19. The van der Waals surface area contributed by atoms with Crippen molar-refractivity contribution >= 4 is 17.5 Å². The SMILES string of the molecule is COc1ccc(N2C[C@H](NC(=O)c3ccccc3C(F)(F)F)CC2=O)cc1OC. The molecule has 2 aromatic rings. The number of benzene rings is 2. The highest BCUT2D eigenvalue weighted by Gasteiger charge is 2.37. The number of ether oxygens (including phenoxy) is 2. The Kier molecular flexibility index (Phi) is 5.67. The minimum Gasteiger partial charge on any atom is -0.493 e. The average Bonchev–Trinajstić information content (AvgIpc) is 3.06. The maximum Gasteiger partial charge on any atom is 0.417 e. The molecule has 6 nitrogen and oxygen atoms in total. The molecule has 29 heavy (non-hydrogen) atoms. The highest BCUT2D eigenvalue weighted by molar-refractivity contribution is 5.99. The van der Waals surface area contributed by atoms with Crippen LogP contribution < -0.4 is 19.7 Å². The third kappa shape index (κ3) is 4.28. The zero-order valence-electron chi connectivity index (χ0n) is 15.7. The van der Waals surface area contributed by atoms with Crippen molar-refractivity contribution < 1.29 is 32.2 Å². The van der Waals surface area contributed by atoms with Crippen molar-refractivity contribution in [3.05, 3.63) is 53.6 Å². The Bertz CT molecular complexity index is 930. The molecule has 0 radical (unpaired) electrons. The minimum absolute atomic E-state index is 0.0196. The van der Waals surface area contributed by atoms with Gasteiger partial charge in [0.25, 0.3) is 5.91 Å².